The topological polar surface area (TPSA) is 64.3 Å². The summed E-state index contributed by atoms with van der Waals surface area (Å²) in [5.41, 5.74) is 2.01. The first-order valence-corrected chi connectivity index (χ1v) is 8.80. The minimum atomic E-state index is 0.0222. The largest absolute Gasteiger partial charge is 0.368 e. The second-order valence-corrected chi connectivity index (χ2v) is 6.69. The van der Waals surface area contributed by atoms with E-state index in [0.717, 1.165) is 29.4 Å². The van der Waals surface area contributed by atoms with E-state index in [4.69, 9.17) is 9.26 Å². The van der Waals surface area contributed by atoms with Crippen LogP contribution in [-0.2, 0) is 11.3 Å². The SMILES string of the molecule is Cc1csc([C@H]2CN(Cc3nc(-c4ccccc4)no3)CCO2)n1. The first kappa shape index (κ1) is 15.4. The van der Waals surface area contributed by atoms with E-state index in [1.807, 2.05) is 37.3 Å². The summed E-state index contributed by atoms with van der Waals surface area (Å²) >= 11 is 1.65. The molecule has 0 unspecified atom stereocenters. The van der Waals surface area contributed by atoms with Crippen molar-refractivity contribution in [1.82, 2.24) is 20.0 Å². The Morgan fingerprint density at radius 1 is 1.25 bits per heavy atom. The first-order chi connectivity index (χ1) is 11.8. The Morgan fingerprint density at radius 3 is 2.92 bits per heavy atom. The fourth-order valence-corrected chi connectivity index (χ4v) is 3.57. The van der Waals surface area contributed by atoms with Crippen molar-refractivity contribution >= 4 is 11.3 Å². The lowest BCUT2D eigenvalue weighted by Crippen LogP contribution is -2.37. The van der Waals surface area contributed by atoms with Crippen LogP contribution in [0.1, 0.15) is 22.7 Å². The van der Waals surface area contributed by atoms with E-state index in [1.165, 1.54) is 0 Å². The molecule has 4 rings (SSSR count). The zero-order valence-electron chi connectivity index (χ0n) is 13.4. The molecule has 1 saturated heterocycles. The van der Waals surface area contributed by atoms with Crippen molar-refractivity contribution < 1.29 is 9.26 Å². The van der Waals surface area contributed by atoms with E-state index in [0.29, 0.717) is 24.9 Å². The van der Waals surface area contributed by atoms with E-state index >= 15 is 0 Å². The second-order valence-electron chi connectivity index (χ2n) is 5.80. The lowest BCUT2D eigenvalue weighted by molar-refractivity contribution is -0.0357. The van der Waals surface area contributed by atoms with Crippen molar-refractivity contribution in [1.29, 1.82) is 0 Å². The molecule has 0 N–H and O–H groups in total. The molecule has 0 bridgehead atoms. The van der Waals surface area contributed by atoms with Gasteiger partial charge in [-0.1, -0.05) is 35.5 Å². The van der Waals surface area contributed by atoms with E-state index in [-0.39, 0.29) is 6.10 Å². The number of aryl methyl sites for hydroxylation is 1. The van der Waals surface area contributed by atoms with Crippen LogP contribution in [0.25, 0.3) is 11.4 Å². The number of hydrogen-bond donors (Lipinski definition) is 0. The molecule has 6 nitrogen and oxygen atoms in total. The fourth-order valence-electron chi connectivity index (χ4n) is 2.73. The van der Waals surface area contributed by atoms with Gasteiger partial charge in [0, 0.05) is 29.7 Å². The van der Waals surface area contributed by atoms with Crippen molar-refractivity contribution in [2.24, 2.45) is 0 Å². The molecular formula is C17H18N4O2S. The summed E-state index contributed by atoms with van der Waals surface area (Å²) in [4.78, 5) is 11.3. The number of ether oxygens (including phenoxy) is 1. The van der Waals surface area contributed by atoms with Gasteiger partial charge in [0.15, 0.2) is 0 Å². The Kier molecular flexibility index (Phi) is 4.38. The Bertz CT molecular complexity index is 802. The number of aromatic nitrogens is 3. The van der Waals surface area contributed by atoms with Gasteiger partial charge in [-0.25, -0.2) is 4.98 Å². The van der Waals surface area contributed by atoms with Crippen molar-refractivity contribution in [2.75, 3.05) is 19.7 Å². The molecule has 0 amide bonds. The second kappa shape index (κ2) is 6.80. The third kappa shape index (κ3) is 3.38. The number of hydrogen-bond acceptors (Lipinski definition) is 7. The molecule has 3 aromatic rings. The number of nitrogens with zero attached hydrogens (tertiary/aromatic N) is 4. The summed E-state index contributed by atoms with van der Waals surface area (Å²) < 4.78 is 11.3. The van der Waals surface area contributed by atoms with Crippen LogP contribution in [0.3, 0.4) is 0 Å². The minimum absolute atomic E-state index is 0.0222. The first-order valence-electron chi connectivity index (χ1n) is 7.92. The standard InChI is InChI=1S/C17H18N4O2S/c1-12-11-24-17(18-12)14-9-21(7-8-22-14)10-15-19-16(20-23-15)13-5-3-2-4-6-13/h2-6,11,14H,7-10H2,1H3/t14-/m1/s1. The maximum absolute atomic E-state index is 5.86. The van der Waals surface area contributed by atoms with Gasteiger partial charge >= 0.3 is 0 Å². The fraction of sp³-hybridized carbons (Fsp3) is 0.353. The van der Waals surface area contributed by atoms with Gasteiger partial charge in [-0.15, -0.1) is 11.3 Å². The quantitative estimate of drug-likeness (QED) is 0.726. The molecule has 1 aromatic carbocycles. The highest BCUT2D eigenvalue weighted by Crippen LogP contribution is 2.26. The Balaban J connectivity index is 1.43. The number of benzene rings is 1. The third-order valence-electron chi connectivity index (χ3n) is 3.92. The third-order valence-corrected chi connectivity index (χ3v) is 4.98. The summed E-state index contributed by atoms with van der Waals surface area (Å²) in [5.74, 6) is 1.26. The zero-order chi connectivity index (χ0) is 16.4. The molecule has 1 fully saturated rings. The molecule has 0 saturated carbocycles. The lowest BCUT2D eigenvalue weighted by Gasteiger charge is -2.30. The average Bonchev–Trinajstić information content (AvgIpc) is 3.25. The van der Waals surface area contributed by atoms with Crippen LogP contribution in [0.15, 0.2) is 40.2 Å². The van der Waals surface area contributed by atoms with Crippen LogP contribution in [0.5, 0.6) is 0 Å². The van der Waals surface area contributed by atoms with Crippen LogP contribution in [0.4, 0.5) is 0 Å². The molecule has 1 aliphatic rings. The van der Waals surface area contributed by atoms with E-state index in [1.54, 1.807) is 11.3 Å². The summed E-state index contributed by atoms with van der Waals surface area (Å²) in [6.45, 7) is 4.96. The predicted molar refractivity (Wildman–Crippen MR) is 90.6 cm³/mol. The molecule has 0 spiro atoms. The van der Waals surface area contributed by atoms with Gasteiger partial charge in [0.05, 0.1) is 13.2 Å². The molecule has 24 heavy (non-hydrogen) atoms. The maximum Gasteiger partial charge on any atom is 0.241 e. The molecule has 1 atom stereocenters. The van der Waals surface area contributed by atoms with Gasteiger partial charge in [0.1, 0.15) is 11.1 Å². The lowest BCUT2D eigenvalue weighted by atomic mass is 10.2. The monoisotopic (exact) mass is 342 g/mol. The highest BCUT2D eigenvalue weighted by atomic mass is 32.1. The van der Waals surface area contributed by atoms with Gasteiger partial charge < -0.3 is 9.26 Å². The summed E-state index contributed by atoms with van der Waals surface area (Å²) in [6.07, 6.45) is 0.0222. The Hall–Kier alpha value is -2.09. The normalized spacial score (nSPS) is 18.8. The molecule has 7 heteroatoms. The van der Waals surface area contributed by atoms with Crippen molar-refractivity contribution in [3.63, 3.8) is 0 Å². The van der Waals surface area contributed by atoms with Gasteiger partial charge in [0.2, 0.25) is 11.7 Å². The van der Waals surface area contributed by atoms with Crippen LogP contribution < -0.4 is 0 Å². The highest BCUT2D eigenvalue weighted by molar-refractivity contribution is 7.09. The van der Waals surface area contributed by atoms with Crippen LogP contribution >= 0.6 is 11.3 Å². The molecule has 3 heterocycles. The molecule has 1 aliphatic heterocycles. The smallest absolute Gasteiger partial charge is 0.241 e. The van der Waals surface area contributed by atoms with E-state index < -0.39 is 0 Å². The van der Waals surface area contributed by atoms with Crippen LogP contribution in [0, 0.1) is 6.92 Å². The molecular weight excluding hydrogens is 324 g/mol. The number of rotatable bonds is 4. The van der Waals surface area contributed by atoms with Crippen molar-refractivity contribution in [3.8, 4) is 11.4 Å². The van der Waals surface area contributed by atoms with Crippen LogP contribution in [0.2, 0.25) is 0 Å². The van der Waals surface area contributed by atoms with Crippen molar-refractivity contribution in [2.45, 2.75) is 19.6 Å². The highest BCUT2D eigenvalue weighted by Gasteiger charge is 2.25. The summed E-state index contributed by atoms with van der Waals surface area (Å²) in [5, 5.41) is 7.17. The van der Waals surface area contributed by atoms with Gasteiger partial charge in [-0.3, -0.25) is 4.90 Å². The minimum Gasteiger partial charge on any atom is -0.368 e. The Labute approximate surface area is 144 Å². The Morgan fingerprint density at radius 2 is 2.12 bits per heavy atom. The predicted octanol–water partition coefficient (Wildman–Crippen LogP) is 3.08. The van der Waals surface area contributed by atoms with Crippen LogP contribution in [-0.4, -0.2) is 39.7 Å². The van der Waals surface area contributed by atoms with Gasteiger partial charge in [-0.2, -0.15) is 4.98 Å². The van der Waals surface area contributed by atoms with E-state index in [2.05, 4.69) is 25.4 Å². The van der Waals surface area contributed by atoms with Crippen molar-refractivity contribution in [3.05, 3.63) is 52.3 Å². The maximum atomic E-state index is 5.86. The van der Waals surface area contributed by atoms with E-state index in [9.17, 15) is 0 Å². The summed E-state index contributed by atoms with van der Waals surface area (Å²) in [6, 6.07) is 9.86. The van der Waals surface area contributed by atoms with Gasteiger partial charge in [-0.05, 0) is 6.92 Å². The molecule has 0 radical (unpaired) electrons. The molecule has 0 aliphatic carbocycles. The zero-order valence-corrected chi connectivity index (χ0v) is 14.2. The molecule has 2 aromatic heterocycles. The number of thiazole rings is 1. The number of morpholine rings is 1. The molecule has 124 valence electrons. The summed E-state index contributed by atoms with van der Waals surface area (Å²) in [7, 11) is 0. The average molecular weight is 342 g/mol. The van der Waals surface area contributed by atoms with Gasteiger partial charge in [0.25, 0.3) is 0 Å².